The van der Waals surface area contributed by atoms with Crippen LogP contribution in [0, 0.1) is 0 Å². The van der Waals surface area contributed by atoms with Gasteiger partial charge in [0.25, 0.3) is 0 Å². The molecule has 0 radical (unpaired) electrons. The zero-order valence-corrected chi connectivity index (χ0v) is 8.47. The van der Waals surface area contributed by atoms with Gasteiger partial charge in [-0.2, -0.15) is 0 Å². The lowest BCUT2D eigenvalue weighted by molar-refractivity contribution is 0.210. The molecule has 1 aromatic rings. The first-order valence-electron chi connectivity index (χ1n) is 5.26. The van der Waals surface area contributed by atoms with Crippen LogP contribution in [0.3, 0.4) is 0 Å². The van der Waals surface area contributed by atoms with Crippen LogP contribution in [-0.4, -0.2) is 13.7 Å². The summed E-state index contributed by atoms with van der Waals surface area (Å²) in [5, 5.41) is 3.57. The maximum Gasteiger partial charge on any atom is 0.119 e. The SMILES string of the molecule is COc1ccc2c(c1)CC[C@]21CCN1. The number of aryl methyl sites for hydroxylation is 1. The fourth-order valence-electron chi connectivity index (χ4n) is 2.72. The Bertz CT molecular complexity index is 369. The highest BCUT2D eigenvalue weighted by molar-refractivity contribution is 5.44. The number of hydrogen-bond acceptors (Lipinski definition) is 2. The smallest absolute Gasteiger partial charge is 0.119 e. The molecule has 1 heterocycles. The molecule has 1 aliphatic carbocycles. The molecule has 0 aromatic heterocycles. The predicted octanol–water partition coefficient (Wildman–Crippen LogP) is 1.83. The summed E-state index contributed by atoms with van der Waals surface area (Å²) >= 11 is 0. The molecule has 0 unspecified atom stereocenters. The number of ether oxygens (including phenoxy) is 1. The average Bonchev–Trinajstić information content (AvgIpc) is 2.55. The standard InChI is InChI=1S/C12H15NO/c1-14-10-2-3-11-9(8-10)4-5-12(11)6-7-13-12/h2-3,8,13H,4-7H2,1H3/t12-/m0/s1. The van der Waals surface area contributed by atoms with Gasteiger partial charge in [-0.3, -0.25) is 0 Å². The minimum Gasteiger partial charge on any atom is -0.497 e. The molecule has 1 atom stereocenters. The summed E-state index contributed by atoms with van der Waals surface area (Å²) in [7, 11) is 1.73. The Morgan fingerprint density at radius 1 is 1.36 bits per heavy atom. The summed E-state index contributed by atoms with van der Waals surface area (Å²) in [6.45, 7) is 1.17. The Morgan fingerprint density at radius 3 is 2.86 bits per heavy atom. The van der Waals surface area contributed by atoms with Crippen LogP contribution >= 0.6 is 0 Å². The van der Waals surface area contributed by atoms with Crippen LogP contribution in [0.5, 0.6) is 5.75 Å². The van der Waals surface area contributed by atoms with Gasteiger partial charge in [-0.25, -0.2) is 0 Å². The normalized spacial score (nSPS) is 28.6. The van der Waals surface area contributed by atoms with Crippen LogP contribution in [0.15, 0.2) is 18.2 Å². The Balaban J connectivity index is 2.04. The van der Waals surface area contributed by atoms with Crippen molar-refractivity contribution in [2.45, 2.75) is 24.8 Å². The molecule has 1 fully saturated rings. The summed E-state index contributed by atoms with van der Waals surface area (Å²) < 4.78 is 5.24. The molecule has 3 rings (SSSR count). The number of nitrogens with one attached hydrogen (secondary N) is 1. The molecule has 1 saturated heterocycles. The van der Waals surface area contributed by atoms with Crippen LogP contribution in [0.25, 0.3) is 0 Å². The van der Waals surface area contributed by atoms with Gasteiger partial charge in [0.15, 0.2) is 0 Å². The molecule has 0 amide bonds. The van der Waals surface area contributed by atoms with Crippen LogP contribution in [0.4, 0.5) is 0 Å². The molecule has 0 bridgehead atoms. The molecule has 1 spiro atoms. The first-order valence-corrected chi connectivity index (χ1v) is 5.26. The van der Waals surface area contributed by atoms with E-state index in [0.29, 0.717) is 5.54 Å². The van der Waals surface area contributed by atoms with Crippen molar-refractivity contribution in [3.05, 3.63) is 29.3 Å². The van der Waals surface area contributed by atoms with Crippen molar-refractivity contribution in [2.24, 2.45) is 0 Å². The molecule has 2 nitrogen and oxygen atoms in total. The van der Waals surface area contributed by atoms with E-state index in [-0.39, 0.29) is 0 Å². The predicted molar refractivity (Wildman–Crippen MR) is 55.6 cm³/mol. The van der Waals surface area contributed by atoms with E-state index in [0.717, 1.165) is 5.75 Å². The van der Waals surface area contributed by atoms with Crippen molar-refractivity contribution in [3.8, 4) is 5.75 Å². The minimum atomic E-state index is 0.335. The number of fused-ring (bicyclic) bond motifs is 2. The summed E-state index contributed by atoms with van der Waals surface area (Å²) in [5.41, 5.74) is 3.31. The van der Waals surface area contributed by atoms with Gasteiger partial charge in [0.2, 0.25) is 0 Å². The Hall–Kier alpha value is -1.02. The molecule has 14 heavy (non-hydrogen) atoms. The Kier molecular flexibility index (Phi) is 1.62. The van der Waals surface area contributed by atoms with Crippen molar-refractivity contribution >= 4 is 0 Å². The quantitative estimate of drug-likeness (QED) is 0.727. The second-order valence-electron chi connectivity index (χ2n) is 4.28. The summed E-state index contributed by atoms with van der Waals surface area (Å²) in [4.78, 5) is 0. The highest BCUT2D eigenvalue weighted by Crippen LogP contribution is 2.44. The monoisotopic (exact) mass is 189 g/mol. The zero-order valence-electron chi connectivity index (χ0n) is 8.47. The van der Waals surface area contributed by atoms with Crippen molar-refractivity contribution in [3.63, 3.8) is 0 Å². The second kappa shape index (κ2) is 2.74. The van der Waals surface area contributed by atoms with Gasteiger partial charge in [-0.05, 0) is 49.1 Å². The van der Waals surface area contributed by atoms with Crippen molar-refractivity contribution in [1.29, 1.82) is 0 Å². The third-order valence-corrected chi connectivity index (χ3v) is 3.66. The van der Waals surface area contributed by atoms with E-state index in [2.05, 4.69) is 23.5 Å². The van der Waals surface area contributed by atoms with Gasteiger partial charge in [-0.15, -0.1) is 0 Å². The molecular formula is C12H15NO. The lowest BCUT2D eigenvalue weighted by atomic mass is 9.82. The summed E-state index contributed by atoms with van der Waals surface area (Å²) in [5.74, 6) is 0.986. The highest BCUT2D eigenvalue weighted by Gasteiger charge is 2.43. The number of hydrogen-bond donors (Lipinski definition) is 1. The van der Waals surface area contributed by atoms with E-state index in [4.69, 9.17) is 4.74 Å². The molecule has 1 N–H and O–H groups in total. The van der Waals surface area contributed by atoms with Crippen LogP contribution in [-0.2, 0) is 12.0 Å². The summed E-state index contributed by atoms with van der Waals surface area (Å²) in [6, 6.07) is 6.49. The molecular weight excluding hydrogens is 174 g/mol. The molecule has 2 aliphatic rings. The topological polar surface area (TPSA) is 21.3 Å². The van der Waals surface area contributed by atoms with Gasteiger partial charge in [0.05, 0.1) is 7.11 Å². The fraction of sp³-hybridized carbons (Fsp3) is 0.500. The summed E-state index contributed by atoms with van der Waals surface area (Å²) in [6.07, 6.45) is 3.75. The van der Waals surface area contributed by atoms with Gasteiger partial charge in [0, 0.05) is 5.54 Å². The Labute approximate surface area is 84.3 Å². The lowest BCUT2D eigenvalue weighted by Crippen LogP contribution is -2.52. The molecule has 2 heteroatoms. The van der Waals surface area contributed by atoms with Crippen LogP contribution in [0.1, 0.15) is 24.0 Å². The number of rotatable bonds is 1. The van der Waals surface area contributed by atoms with E-state index < -0.39 is 0 Å². The van der Waals surface area contributed by atoms with E-state index in [1.165, 1.54) is 36.9 Å². The largest absolute Gasteiger partial charge is 0.497 e. The first-order chi connectivity index (χ1) is 6.84. The number of methoxy groups -OCH3 is 1. The van der Waals surface area contributed by atoms with Crippen LogP contribution < -0.4 is 10.1 Å². The maximum absolute atomic E-state index is 5.24. The molecule has 0 saturated carbocycles. The second-order valence-corrected chi connectivity index (χ2v) is 4.28. The average molecular weight is 189 g/mol. The van der Waals surface area contributed by atoms with Gasteiger partial charge in [0.1, 0.15) is 5.75 Å². The van der Waals surface area contributed by atoms with Crippen molar-refractivity contribution < 1.29 is 4.74 Å². The van der Waals surface area contributed by atoms with E-state index in [1.807, 2.05) is 0 Å². The molecule has 1 aliphatic heterocycles. The van der Waals surface area contributed by atoms with E-state index >= 15 is 0 Å². The molecule has 1 aromatic carbocycles. The third kappa shape index (κ3) is 0.947. The van der Waals surface area contributed by atoms with E-state index in [1.54, 1.807) is 7.11 Å². The van der Waals surface area contributed by atoms with Crippen molar-refractivity contribution in [2.75, 3.05) is 13.7 Å². The third-order valence-electron chi connectivity index (χ3n) is 3.66. The van der Waals surface area contributed by atoms with Crippen molar-refractivity contribution in [1.82, 2.24) is 5.32 Å². The minimum absolute atomic E-state index is 0.335. The van der Waals surface area contributed by atoms with E-state index in [9.17, 15) is 0 Å². The zero-order chi connectivity index (χ0) is 9.60. The van der Waals surface area contributed by atoms with Gasteiger partial charge in [-0.1, -0.05) is 6.07 Å². The fourth-order valence-corrected chi connectivity index (χ4v) is 2.72. The molecule has 74 valence electrons. The Morgan fingerprint density at radius 2 is 2.21 bits per heavy atom. The maximum atomic E-state index is 5.24. The van der Waals surface area contributed by atoms with Crippen LogP contribution in [0.2, 0.25) is 0 Å². The first kappa shape index (κ1) is 8.30. The number of benzene rings is 1. The van der Waals surface area contributed by atoms with Gasteiger partial charge >= 0.3 is 0 Å². The van der Waals surface area contributed by atoms with Gasteiger partial charge < -0.3 is 10.1 Å². The highest BCUT2D eigenvalue weighted by atomic mass is 16.5. The lowest BCUT2D eigenvalue weighted by Gasteiger charge is -2.41.